The number of piperidine rings is 1. The van der Waals surface area contributed by atoms with E-state index >= 15 is 0 Å². The summed E-state index contributed by atoms with van der Waals surface area (Å²) in [7, 11) is 0. The van der Waals surface area contributed by atoms with Gasteiger partial charge in [-0.2, -0.15) is 0 Å². The summed E-state index contributed by atoms with van der Waals surface area (Å²) in [5.74, 6) is 0. The van der Waals surface area contributed by atoms with Gasteiger partial charge in [0.25, 0.3) is 0 Å². The summed E-state index contributed by atoms with van der Waals surface area (Å²) >= 11 is 9.66. The van der Waals surface area contributed by atoms with Crippen molar-refractivity contribution in [3.8, 4) is 0 Å². The number of hydrazine groups is 1. The first-order valence-corrected chi connectivity index (χ1v) is 9.59. The van der Waals surface area contributed by atoms with E-state index in [9.17, 15) is 5.11 Å². The predicted molar refractivity (Wildman–Crippen MR) is 104 cm³/mol. The highest BCUT2D eigenvalue weighted by atomic mass is 79.9. The molecule has 3 aliphatic heterocycles. The highest BCUT2D eigenvalue weighted by molar-refractivity contribution is 9.10. The lowest BCUT2D eigenvalue weighted by Gasteiger charge is -2.34. The smallest absolute Gasteiger partial charge is 0.114 e. The SMILES string of the molecule is C=C1c2cc(Cl)c(Br)cc2N=CN1CC1(C[C@H]2NCCC[C@@H]2O)NN1. The van der Waals surface area contributed by atoms with E-state index in [4.69, 9.17) is 11.6 Å². The van der Waals surface area contributed by atoms with Crippen molar-refractivity contribution in [1.29, 1.82) is 0 Å². The Morgan fingerprint density at radius 3 is 2.96 bits per heavy atom. The molecule has 0 aliphatic carbocycles. The van der Waals surface area contributed by atoms with Gasteiger partial charge in [0.05, 0.1) is 29.7 Å². The van der Waals surface area contributed by atoms with Crippen LogP contribution in [0.2, 0.25) is 5.02 Å². The predicted octanol–water partition coefficient (Wildman–Crippen LogP) is 2.36. The summed E-state index contributed by atoms with van der Waals surface area (Å²) in [5, 5.41) is 14.3. The lowest BCUT2D eigenvalue weighted by molar-refractivity contribution is 0.0856. The van der Waals surface area contributed by atoms with E-state index in [1.165, 1.54) is 0 Å². The third-order valence-corrected chi connectivity index (χ3v) is 6.26. The molecular formula is C17H21BrClN5O. The Morgan fingerprint density at radius 1 is 1.44 bits per heavy atom. The molecule has 2 atom stereocenters. The van der Waals surface area contributed by atoms with Crippen molar-refractivity contribution >= 4 is 45.3 Å². The van der Waals surface area contributed by atoms with Gasteiger partial charge in [-0.1, -0.05) is 18.2 Å². The summed E-state index contributed by atoms with van der Waals surface area (Å²) < 4.78 is 0.825. The number of hydrogen-bond donors (Lipinski definition) is 4. The normalized spacial score (nSPS) is 27.3. The second-order valence-electron chi connectivity index (χ2n) is 6.91. The number of benzene rings is 1. The molecule has 6 nitrogen and oxygen atoms in total. The lowest BCUT2D eigenvalue weighted by Crippen LogP contribution is -2.50. The fourth-order valence-corrected chi connectivity index (χ4v) is 4.01. The van der Waals surface area contributed by atoms with E-state index in [1.807, 2.05) is 17.0 Å². The van der Waals surface area contributed by atoms with Crippen molar-refractivity contribution in [1.82, 2.24) is 21.1 Å². The zero-order valence-electron chi connectivity index (χ0n) is 13.7. The van der Waals surface area contributed by atoms with E-state index in [-0.39, 0.29) is 17.8 Å². The van der Waals surface area contributed by atoms with Crippen molar-refractivity contribution < 1.29 is 5.11 Å². The Bertz CT molecular complexity index is 736. The number of nitrogens with zero attached hydrogens (tertiary/aromatic N) is 2. The van der Waals surface area contributed by atoms with Gasteiger partial charge in [0.2, 0.25) is 0 Å². The van der Waals surface area contributed by atoms with Gasteiger partial charge in [-0.25, -0.2) is 15.8 Å². The average Bonchev–Trinajstić information content (AvgIpc) is 3.34. The monoisotopic (exact) mass is 425 g/mol. The fourth-order valence-electron chi connectivity index (χ4n) is 3.51. The number of halogens is 2. The summed E-state index contributed by atoms with van der Waals surface area (Å²) in [5.41, 5.74) is 8.90. The van der Waals surface area contributed by atoms with Crippen LogP contribution in [0.4, 0.5) is 5.69 Å². The maximum absolute atomic E-state index is 10.2. The second kappa shape index (κ2) is 6.64. The maximum Gasteiger partial charge on any atom is 0.114 e. The van der Waals surface area contributed by atoms with E-state index in [2.05, 4.69) is 43.7 Å². The minimum atomic E-state index is -0.301. The highest BCUT2D eigenvalue weighted by Gasteiger charge is 2.47. The lowest BCUT2D eigenvalue weighted by atomic mass is 9.93. The Morgan fingerprint density at radius 2 is 2.24 bits per heavy atom. The van der Waals surface area contributed by atoms with Crippen LogP contribution in [0.25, 0.3) is 5.70 Å². The molecule has 2 fully saturated rings. The Kier molecular flexibility index (Phi) is 4.64. The average molecular weight is 427 g/mol. The van der Waals surface area contributed by atoms with Crippen molar-refractivity contribution in [2.24, 2.45) is 4.99 Å². The number of fused-ring (bicyclic) bond motifs is 1. The molecule has 0 bridgehead atoms. The Balaban J connectivity index is 1.48. The summed E-state index contributed by atoms with van der Waals surface area (Å²) in [4.78, 5) is 6.55. The van der Waals surface area contributed by atoms with Crippen LogP contribution in [0.3, 0.4) is 0 Å². The van der Waals surface area contributed by atoms with E-state index in [0.717, 1.165) is 47.2 Å². The van der Waals surface area contributed by atoms with Crippen LogP contribution in [0, 0.1) is 0 Å². The molecule has 1 aromatic carbocycles. The number of nitrogens with one attached hydrogen (secondary N) is 3. The molecule has 4 rings (SSSR count). The van der Waals surface area contributed by atoms with Crippen molar-refractivity contribution in [2.45, 2.75) is 37.1 Å². The molecule has 0 aromatic heterocycles. The molecule has 2 saturated heterocycles. The molecule has 134 valence electrons. The zero-order valence-corrected chi connectivity index (χ0v) is 16.1. The molecular weight excluding hydrogens is 406 g/mol. The minimum absolute atomic E-state index is 0.0870. The van der Waals surface area contributed by atoms with Crippen LogP contribution >= 0.6 is 27.5 Å². The van der Waals surface area contributed by atoms with E-state index in [0.29, 0.717) is 11.6 Å². The molecule has 3 heterocycles. The number of aliphatic imine (C=N–C) groups is 1. The van der Waals surface area contributed by atoms with E-state index in [1.54, 1.807) is 6.34 Å². The first kappa shape index (κ1) is 17.5. The molecule has 0 amide bonds. The second-order valence-corrected chi connectivity index (χ2v) is 8.17. The summed E-state index contributed by atoms with van der Waals surface area (Å²) in [6.07, 6.45) is 4.17. The molecule has 8 heteroatoms. The summed E-state index contributed by atoms with van der Waals surface area (Å²) in [6.45, 7) is 5.85. The number of aliphatic hydroxyl groups excluding tert-OH is 1. The van der Waals surface area contributed by atoms with Crippen LogP contribution < -0.4 is 16.2 Å². The summed E-state index contributed by atoms with van der Waals surface area (Å²) in [6, 6.07) is 3.88. The van der Waals surface area contributed by atoms with Gasteiger partial charge in [-0.15, -0.1) is 0 Å². The highest BCUT2D eigenvalue weighted by Crippen LogP contribution is 2.38. The van der Waals surface area contributed by atoms with Crippen molar-refractivity contribution in [3.05, 3.63) is 33.8 Å². The van der Waals surface area contributed by atoms with Crippen LogP contribution in [0.15, 0.2) is 28.2 Å². The van der Waals surface area contributed by atoms with Crippen LogP contribution in [0.1, 0.15) is 24.8 Å². The van der Waals surface area contributed by atoms with Crippen LogP contribution in [-0.4, -0.2) is 47.2 Å². The first-order valence-electron chi connectivity index (χ1n) is 8.42. The largest absolute Gasteiger partial charge is 0.392 e. The number of hydrogen-bond acceptors (Lipinski definition) is 6. The van der Waals surface area contributed by atoms with Crippen molar-refractivity contribution in [2.75, 3.05) is 13.1 Å². The minimum Gasteiger partial charge on any atom is -0.392 e. The fraction of sp³-hybridized carbons (Fsp3) is 0.471. The molecule has 25 heavy (non-hydrogen) atoms. The molecule has 0 spiro atoms. The third kappa shape index (κ3) is 3.49. The molecule has 0 saturated carbocycles. The van der Waals surface area contributed by atoms with E-state index < -0.39 is 0 Å². The van der Waals surface area contributed by atoms with Gasteiger partial charge >= 0.3 is 0 Å². The molecule has 4 N–H and O–H groups in total. The molecule has 1 aromatic rings. The maximum atomic E-state index is 10.2. The molecule has 0 unspecified atom stereocenters. The molecule has 3 aliphatic rings. The standard InChI is InChI=1S/C17H21BrClN5O/c1-10-11-5-13(19)12(18)6-14(11)21-9-24(10)8-17(22-23-17)7-15-16(25)3-2-4-20-15/h5-6,9,15-16,20,22-23,25H,1-4,7-8H2/t15-,16+/m1/s1. The van der Waals surface area contributed by atoms with Gasteiger partial charge in [0.15, 0.2) is 0 Å². The van der Waals surface area contributed by atoms with Gasteiger partial charge in [-0.3, -0.25) is 0 Å². The third-order valence-electron chi connectivity index (χ3n) is 5.07. The molecule has 0 radical (unpaired) electrons. The zero-order chi connectivity index (χ0) is 17.6. The van der Waals surface area contributed by atoms with Crippen molar-refractivity contribution in [3.63, 3.8) is 0 Å². The van der Waals surface area contributed by atoms with Gasteiger partial charge in [0.1, 0.15) is 5.66 Å². The van der Waals surface area contributed by atoms with Gasteiger partial charge < -0.3 is 15.3 Å². The van der Waals surface area contributed by atoms with Gasteiger partial charge in [0, 0.05) is 28.2 Å². The Labute approximate surface area is 160 Å². The topological polar surface area (TPSA) is 91.7 Å². The van der Waals surface area contributed by atoms with Gasteiger partial charge in [-0.05, 0) is 47.4 Å². The quantitative estimate of drug-likeness (QED) is 0.555. The number of rotatable bonds is 4. The van der Waals surface area contributed by atoms with Crippen LogP contribution in [0.5, 0.6) is 0 Å². The number of aliphatic hydroxyl groups is 1. The Hall–Kier alpha value is -0.960. The first-order chi connectivity index (χ1) is 12.0. The van der Waals surface area contributed by atoms with Crippen LogP contribution in [-0.2, 0) is 0 Å².